The van der Waals surface area contributed by atoms with Crippen LogP contribution in [-0.4, -0.2) is 25.0 Å². The van der Waals surface area contributed by atoms with E-state index in [0.29, 0.717) is 24.7 Å². The Morgan fingerprint density at radius 3 is 2.56 bits per heavy atom. The topological polar surface area (TPSA) is 88.7 Å². The summed E-state index contributed by atoms with van der Waals surface area (Å²) in [5.74, 6) is 0.271. The Labute approximate surface area is 160 Å². The summed E-state index contributed by atoms with van der Waals surface area (Å²) in [6, 6.07) is 15.3. The molecule has 2 aromatic rings. The molecule has 144 valence electrons. The van der Waals surface area contributed by atoms with E-state index < -0.39 is 0 Å². The van der Waals surface area contributed by atoms with Crippen LogP contribution < -0.4 is 16.4 Å². The Morgan fingerprint density at radius 2 is 1.89 bits per heavy atom. The van der Waals surface area contributed by atoms with Gasteiger partial charge in [-0.25, -0.2) is 4.99 Å². The molecule has 0 aliphatic carbocycles. The van der Waals surface area contributed by atoms with Crippen LogP contribution in [0, 0.1) is 0 Å². The highest BCUT2D eigenvalue weighted by Gasteiger charge is 2.08. The average molecular weight is 368 g/mol. The summed E-state index contributed by atoms with van der Waals surface area (Å²) in [6.07, 6.45) is 0.901. The van der Waals surface area contributed by atoms with E-state index in [-0.39, 0.29) is 11.9 Å². The van der Waals surface area contributed by atoms with Gasteiger partial charge in [0.25, 0.3) is 5.91 Å². The van der Waals surface area contributed by atoms with Crippen molar-refractivity contribution in [2.24, 2.45) is 10.7 Å². The minimum atomic E-state index is -0.0599. The lowest BCUT2D eigenvalue weighted by Gasteiger charge is -2.12. The van der Waals surface area contributed by atoms with Gasteiger partial charge in [0.1, 0.15) is 0 Å². The lowest BCUT2D eigenvalue weighted by molar-refractivity contribution is 0.0939. The summed E-state index contributed by atoms with van der Waals surface area (Å²) in [6.45, 7) is 4.95. The van der Waals surface area contributed by atoms with Crippen LogP contribution in [0.25, 0.3) is 0 Å². The highest BCUT2D eigenvalue weighted by atomic mass is 16.5. The molecule has 0 saturated carbocycles. The lowest BCUT2D eigenvalue weighted by Crippen LogP contribution is -2.31. The van der Waals surface area contributed by atoms with Crippen molar-refractivity contribution in [2.75, 3.05) is 12.4 Å². The third kappa shape index (κ3) is 6.42. The van der Waals surface area contributed by atoms with Gasteiger partial charge in [-0.3, -0.25) is 4.79 Å². The SMILES string of the molecule is CCC(C)NC(=O)c1ccc(CN=C(N)Nc2ccccc2COC)cc1. The van der Waals surface area contributed by atoms with Crippen LogP contribution in [0.15, 0.2) is 53.5 Å². The van der Waals surface area contributed by atoms with E-state index in [4.69, 9.17) is 10.5 Å². The summed E-state index contributed by atoms with van der Waals surface area (Å²) < 4.78 is 5.19. The maximum absolute atomic E-state index is 12.1. The molecule has 0 aromatic heterocycles. The average Bonchev–Trinajstić information content (AvgIpc) is 2.68. The molecule has 0 aliphatic heterocycles. The van der Waals surface area contributed by atoms with Crippen molar-refractivity contribution in [1.82, 2.24) is 5.32 Å². The van der Waals surface area contributed by atoms with E-state index in [1.54, 1.807) is 19.2 Å². The van der Waals surface area contributed by atoms with Crippen molar-refractivity contribution in [3.05, 3.63) is 65.2 Å². The van der Waals surface area contributed by atoms with Crippen molar-refractivity contribution in [3.63, 3.8) is 0 Å². The van der Waals surface area contributed by atoms with Crippen molar-refractivity contribution < 1.29 is 9.53 Å². The second-order valence-corrected chi connectivity index (χ2v) is 6.40. The predicted octanol–water partition coefficient (Wildman–Crippen LogP) is 3.29. The molecule has 6 heteroatoms. The van der Waals surface area contributed by atoms with Crippen LogP contribution in [0.2, 0.25) is 0 Å². The third-order valence-electron chi connectivity index (χ3n) is 4.22. The first kappa shape index (κ1) is 20.5. The Morgan fingerprint density at radius 1 is 1.19 bits per heavy atom. The number of amides is 1. The third-order valence-corrected chi connectivity index (χ3v) is 4.22. The van der Waals surface area contributed by atoms with Gasteiger partial charge in [0.2, 0.25) is 0 Å². The molecule has 6 nitrogen and oxygen atoms in total. The Kier molecular flexibility index (Phi) is 7.82. The van der Waals surface area contributed by atoms with Gasteiger partial charge in [-0.1, -0.05) is 37.3 Å². The second-order valence-electron chi connectivity index (χ2n) is 6.40. The standard InChI is InChI=1S/C21H28N4O2/c1-4-15(2)24-20(26)17-11-9-16(10-12-17)13-23-21(22)25-19-8-6-5-7-18(19)14-27-3/h5-12,15H,4,13-14H2,1-3H3,(H,24,26)(H3,22,23,25). The summed E-state index contributed by atoms with van der Waals surface area (Å²) >= 11 is 0. The van der Waals surface area contributed by atoms with Crippen LogP contribution >= 0.6 is 0 Å². The highest BCUT2D eigenvalue weighted by Crippen LogP contribution is 2.15. The number of hydrogen-bond acceptors (Lipinski definition) is 3. The van der Waals surface area contributed by atoms with Crippen molar-refractivity contribution >= 4 is 17.6 Å². The fourth-order valence-electron chi connectivity index (χ4n) is 2.45. The number of anilines is 1. The molecule has 0 spiro atoms. The largest absolute Gasteiger partial charge is 0.380 e. The number of nitrogens with two attached hydrogens (primary N) is 1. The Bertz CT molecular complexity index is 772. The van der Waals surface area contributed by atoms with Gasteiger partial charge >= 0.3 is 0 Å². The minimum absolute atomic E-state index is 0.0599. The van der Waals surface area contributed by atoms with E-state index in [1.165, 1.54) is 0 Å². The van der Waals surface area contributed by atoms with Gasteiger partial charge in [0, 0.05) is 30.0 Å². The molecule has 0 bridgehead atoms. The number of para-hydroxylation sites is 1. The van der Waals surface area contributed by atoms with Gasteiger partial charge in [-0.15, -0.1) is 0 Å². The monoisotopic (exact) mass is 368 g/mol. The van der Waals surface area contributed by atoms with Crippen LogP contribution in [0.3, 0.4) is 0 Å². The van der Waals surface area contributed by atoms with E-state index >= 15 is 0 Å². The number of guanidine groups is 1. The van der Waals surface area contributed by atoms with Crippen LogP contribution in [0.5, 0.6) is 0 Å². The summed E-state index contributed by atoms with van der Waals surface area (Å²) in [5.41, 5.74) is 9.50. The van der Waals surface area contributed by atoms with Gasteiger partial charge in [-0.2, -0.15) is 0 Å². The molecule has 27 heavy (non-hydrogen) atoms. The minimum Gasteiger partial charge on any atom is -0.380 e. The number of methoxy groups -OCH3 is 1. The number of carbonyl (C=O) groups excluding carboxylic acids is 1. The van der Waals surface area contributed by atoms with Crippen LogP contribution in [-0.2, 0) is 17.9 Å². The van der Waals surface area contributed by atoms with E-state index in [0.717, 1.165) is 23.2 Å². The first-order valence-electron chi connectivity index (χ1n) is 9.07. The molecule has 4 N–H and O–H groups in total. The number of nitrogens with one attached hydrogen (secondary N) is 2. The predicted molar refractivity (Wildman–Crippen MR) is 110 cm³/mol. The number of ether oxygens (including phenoxy) is 1. The van der Waals surface area contributed by atoms with Crippen molar-refractivity contribution in [3.8, 4) is 0 Å². The van der Waals surface area contributed by atoms with Crippen LogP contribution in [0.1, 0.15) is 41.8 Å². The number of nitrogens with zero attached hydrogens (tertiary/aromatic N) is 1. The molecule has 0 saturated heterocycles. The maximum Gasteiger partial charge on any atom is 0.251 e. The van der Waals surface area contributed by atoms with Crippen molar-refractivity contribution in [1.29, 1.82) is 0 Å². The van der Waals surface area contributed by atoms with Gasteiger partial charge in [0.15, 0.2) is 5.96 Å². The van der Waals surface area contributed by atoms with E-state index in [9.17, 15) is 4.79 Å². The second kappa shape index (κ2) is 10.3. The fourth-order valence-corrected chi connectivity index (χ4v) is 2.45. The van der Waals surface area contributed by atoms with Gasteiger partial charge in [-0.05, 0) is 37.1 Å². The summed E-state index contributed by atoms with van der Waals surface area (Å²) in [5, 5.41) is 6.06. The fraction of sp³-hybridized carbons (Fsp3) is 0.333. The normalized spacial score (nSPS) is 12.5. The zero-order valence-electron chi connectivity index (χ0n) is 16.2. The quantitative estimate of drug-likeness (QED) is 0.493. The molecule has 1 amide bonds. The number of rotatable bonds is 8. The molecule has 0 fully saturated rings. The highest BCUT2D eigenvalue weighted by molar-refractivity contribution is 5.94. The number of benzene rings is 2. The maximum atomic E-state index is 12.1. The Balaban J connectivity index is 1.96. The number of carbonyl (C=O) groups is 1. The van der Waals surface area contributed by atoms with Crippen molar-refractivity contribution in [2.45, 2.75) is 39.5 Å². The zero-order chi connectivity index (χ0) is 19.6. The lowest BCUT2D eigenvalue weighted by atomic mass is 10.1. The summed E-state index contributed by atoms with van der Waals surface area (Å²) in [4.78, 5) is 16.5. The zero-order valence-corrected chi connectivity index (χ0v) is 16.2. The molecule has 0 radical (unpaired) electrons. The molecule has 1 atom stereocenters. The molecular formula is C21H28N4O2. The number of hydrogen-bond donors (Lipinski definition) is 3. The van der Waals surface area contributed by atoms with E-state index in [1.807, 2.05) is 50.2 Å². The first-order valence-corrected chi connectivity index (χ1v) is 9.07. The molecular weight excluding hydrogens is 340 g/mol. The van der Waals surface area contributed by atoms with Gasteiger partial charge < -0.3 is 21.1 Å². The van der Waals surface area contributed by atoms with Gasteiger partial charge in [0.05, 0.1) is 13.2 Å². The van der Waals surface area contributed by atoms with Crippen LogP contribution in [0.4, 0.5) is 5.69 Å². The van der Waals surface area contributed by atoms with E-state index in [2.05, 4.69) is 15.6 Å². The summed E-state index contributed by atoms with van der Waals surface area (Å²) in [7, 11) is 1.65. The molecule has 1 unspecified atom stereocenters. The molecule has 2 aromatic carbocycles. The number of aliphatic imine (C=N–C) groups is 1. The first-order chi connectivity index (χ1) is 13.0. The smallest absolute Gasteiger partial charge is 0.251 e. The molecule has 2 rings (SSSR count). The molecule has 0 heterocycles. The molecule has 0 aliphatic rings. The Hall–Kier alpha value is -2.86.